The fraction of sp³-hybridized carbons (Fsp3) is 0.0435. The van der Waals surface area contributed by atoms with Crippen molar-refractivity contribution >= 4 is 34.3 Å². The molecular weight excluding hydrogens is 452 g/mol. The zero-order valence-electron chi connectivity index (χ0n) is 18.4. The van der Waals surface area contributed by atoms with Crippen molar-refractivity contribution in [1.82, 2.24) is 29.5 Å². The largest absolute Gasteiger partial charge is 0.446 e. The Labute approximate surface area is 197 Å². The number of carbonyl (C=O) groups excluding carboxylic acids is 1. The van der Waals surface area contributed by atoms with Crippen molar-refractivity contribution in [2.75, 3.05) is 10.6 Å². The van der Waals surface area contributed by atoms with Crippen LogP contribution in [0.15, 0.2) is 83.4 Å². The van der Waals surface area contributed by atoms with Crippen LogP contribution in [0.25, 0.3) is 16.7 Å². The third kappa shape index (κ3) is 4.48. The van der Waals surface area contributed by atoms with E-state index in [4.69, 9.17) is 9.26 Å². The van der Waals surface area contributed by atoms with E-state index in [-0.39, 0.29) is 23.4 Å². The summed E-state index contributed by atoms with van der Waals surface area (Å²) in [5.74, 6) is 0.158. The Hall–Kier alpha value is -5.26. The number of fused-ring (bicyclic) bond motifs is 1. The number of aryl methyl sites for hydroxylation is 1. The van der Waals surface area contributed by atoms with Crippen molar-refractivity contribution in [3.8, 4) is 17.2 Å². The van der Waals surface area contributed by atoms with Crippen molar-refractivity contribution < 1.29 is 14.1 Å². The van der Waals surface area contributed by atoms with Gasteiger partial charge in [-0.3, -0.25) is 18.8 Å². The summed E-state index contributed by atoms with van der Waals surface area (Å²) in [7, 11) is 1.79. The second kappa shape index (κ2) is 8.94. The lowest BCUT2D eigenvalue weighted by Crippen LogP contribution is -2.21. The smallest absolute Gasteiger partial charge is 0.299 e. The summed E-state index contributed by atoms with van der Waals surface area (Å²) in [5, 5.41) is 14.0. The fourth-order valence-corrected chi connectivity index (χ4v) is 3.35. The van der Waals surface area contributed by atoms with Crippen molar-refractivity contribution in [3.05, 3.63) is 84.4 Å². The molecule has 0 atom stereocenters. The molecule has 0 unspecified atom stereocenters. The molecule has 5 rings (SSSR count). The molecule has 0 spiro atoms. The highest BCUT2D eigenvalue weighted by atomic mass is 16.5. The molecule has 0 aliphatic carbocycles. The van der Waals surface area contributed by atoms with E-state index in [2.05, 4.69) is 37.4 Å². The van der Waals surface area contributed by atoms with Crippen LogP contribution in [0.4, 0.5) is 17.3 Å². The lowest BCUT2D eigenvalue weighted by atomic mass is 10.2. The Bertz CT molecular complexity index is 1600. The summed E-state index contributed by atoms with van der Waals surface area (Å²) >= 11 is 0. The maximum Gasteiger partial charge on any atom is 0.299 e. The summed E-state index contributed by atoms with van der Waals surface area (Å²) in [4.78, 5) is 34.3. The average Bonchev–Trinajstić information content (AvgIpc) is 3.51. The zero-order chi connectivity index (χ0) is 24.4. The molecule has 5 aromatic rings. The van der Waals surface area contributed by atoms with Crippen LogP contribution in [0, 0.1) is 0 Å². The van der Waals surface area contributed by atoms with Crippen LogP contribution >= 0.6 is 0 Å². The first-order valence-corrected chi connectivity index (χ1v) is 10.3. The second-order valence-electron chi connectivity index (χ2n) is 7.36. The van der Waals surface area contributed by atoms with Gasteiger partial charge in [-0.05, 0) is 30.3 Å². The van der Waals surface area contributed by atoms with Gasteiger partial charge in [0.05, 0.1) is 17.6 Å². The van der Waals surface area contributed by atoms with Gasteiger partial charge in [0.15, 0.2) is 23.4 Å². The van der Waals surface area contributed by atoms with E-state index in [0.717, 1.165) is 6.08 Å². The van der Waals surface area contributed by atoms with Gasteiger partial charge >= 0.3 is 0 Å². The number of carbonyl (C=O) groups is 1. The lowest BCUT2D eigenvalue weighted by Gasteiger charge is -2.14. The summed E-state index contributed by atoms with van der Waals surface area (Å²) in [6.45, 7) is 3.46. The fourth-order valence-electron chi connectivity index (χ4n) is 3.35. The minimum Gasteiger partial charge on any atom is -0.446 e. The van der Waals surface area contributed by atoms with Crippen molar-refractivity contribution in [1.29, 1.82) is 0 Å². The Morgan fingerprint density at radius 2 is 2.09 bits per heavy atom. The highest BCUT2D eigenvalue weighted by Crippen LogP contribution is 2.25. The number of nitrogens with one attached hydrogen (secondary N) is 2. The Morgan fingerprint density at radius 3 is 2.83 bits per heavy atom. The molecule has 0 fully saturated rings. The molecule has 12 heteroatoms. The molecule has 1 amide bonds. The molecule has 0 radical (unpaired) electrons. The topological polar surface area (TPSA) is 142 Å². The van der Waals surface area contributed by atoms with Crippen molar-refractivity contribution in [3.63, 3.8) is 0 Å². The maximum atomic E-state index is 13.6. The Kier molecular flexibility index (Phi) is 5.51. The van der Waals surface area contributed by atoms with E-state index in [1.807, 2.05) is 0 Å². The number of nitrogens with zero attached hydrogens (tertiary/aromatic N) is 6. The third-order valence-corrected chi connectivity index (χ3v) is 4.86. The molecule has 35 heavy (non-hydrogen) atoms. The number of anilines is 3. The van der Waals surface area contributed by atoms with E-state index in [1.165, 1.54) is 17.0 Å². The number of ether oxygens (including phenoxy) is 1. The highest BCUT2D eigenvalue weighted by molar-refractivity contribution is 5.99. The molecule has 1 aromatic carbocycles. The predicted molar refractivity (Wildman–Crippen MR) is 127 cm³/mol. The van der Waals surface area contributed by atoms with Crippen LogP contribution in [0.2, 0.25) is 0 Å². The highest BCUT2D eigenvalue weighted by Gasteiger charge is 2.17. The monoisotopic (exact) mass is 470 g/mol. The number of rotatable bonds is 7. The summed E-state index contributed by atoms with van der Waals surface area (Å²) in [6.07, 6.45) is 8.74. The van der Waals surface area contributed by atoms with E-state index in [0.29, 0.717) is 28.1 Å². The molecule has 4 aromatic heterocycles. The number of pyridine rings is 1. The number of aromatic nitrogens is 6. The van der Waals surface area contributed by atoms with Crippen molar-refractivity contribution in [2.24, 2.45) is 7.05 Å². The van der Waals surface area contributed by atoms with Crippen LogP contribution in [-0.2, 0) is 11.8 Å². The number of amides is 1. The van der Waals surface area contributed by atoms with Gasteiger partial charge < -0.3 is 19.9 Å². The van der Waals surface area contributed by atoms with Gasteiger partial charge in [-0.2, -0.15) is 10.1 Å². The van der Waals surface area contributed by atoms with Gasteiger partial charge in [0.1, 0.15) is 6.20 Å². The lowest BCUT2D eigenvalue weighted by molar-refractivity contribution is -0.111. The quantitative estimate of drug-likeness (QED) is 0.343. The van der Waals surface area contributed by atoms with Crippen LogP contribution < -0.4 is 20.9 Å². The minimum atomic E-state index is -0.489. The van der Waals surface area contributed by atoms with Crippen LogP contribution in [-0.4, -0.2) is 35.4 Å². The van der Waals surface area contributed by atoms with Gasteiger partial charge in [0, 0.05) is 30.5 Å². The first-order valence-electron chi connectivity index (χ1n) is 10.3. The molecule has 0 aliphatic heterocycles. The first kappa shape index (κ1) is 21.6. The molecule has 0 saturated heterocycles. The van der Waals surface area contributed by atoms with Crippen LogP contribution in [0.1, 0.15) is 0 Å². The number of hydrogen-bond acceptors (Lipinski definition) is 9. The molecule has 174 valence electrons. The molecule has 2 N–H and O–H groups in total. The Balaban J connectivity index is 1.67. The van der Waals surface area contributed by atoms with E-state index in [1.54, 1.807) is 60.7 Å². The maximum absolute atomic E-state index is 13.6. The molecule has 4 heterocycles. The summed E-state index contributed by atoms with van der Waals surface area (Å²) in [5.41, 5.74) is 1.43. The SMILES string of the molecule is C=CC(=O)Nc1cccc(-n2c(=O)c(Oc3cnoc3)cc3cnc(Nc4cnn(C)c4)nc32)c1. The predicted octanol–water partition coefficient (Wildman–Crippen LogP) is 3.16. The van der Waals surface area contributed by atoms with E-state index < -0.39 is 5.56 Å². The number of benzene rings is 1. The summed E-state index contributed by atoms with van der Waals surface area (Å²) < 4.78 is 13.5. The molecule has 0 saturated carbocycles. The van der Waals surface area contributed by atoms with Gasteiger partial charge in [0.2, 0.25) is 11.9 Å². The Morgan fingerprint density at radius 1 is 1.20 bits per heavy atom. The first-order chi connectivity index (χ1) is 17.0. The third-order valence-electron chi connectivity index (χ3n) is 4.86. The molecule has 0 bridgehead atoms. The zero-order valence-corrected chi connectivity index (χ0v) is 18.4. The second-order valence-corrected chi connectivity index (χ2v) is 7.36. The minimum absolute atomic E-state index is 0.0119. The molecule has 12 nitrogen and oxygen atoms in total. The normalized spacial score (nSPS) is 10.8. The van der Waals surface area contributed by atoms with Crippen LogP contribution in [0.3, 0.4) is 0 Å². The standard InChI is InChI=1S/C23H18N8O4/c1-3-20(32)27-15-5-4-6-17(8-15)31-21-14(7-19(22(31)33)35-18-11-26-34-13-18)9-24-23(29-21)28-16-10-25-30(2)12-16/h3-13H,1H2,2H3,(H,27,32)(H,24,28,29). The average molecular weight is 470 g/mol. The van der Waals surface area contributed by atoms with Crippen molar-refractivity contribution in [2.45, 2.75) is 0 Å². The van der Waals surface area contributed by atoms with E-state index in [9.17, 15) is 9.59 Å². The van der Waals surface area contributed by atoms with Gasteiger partial charge in [-0.25, -0.2) is 4.98 Å². The van der Waals surface area contributed by atoms with Crippen LogP contribution in [0.5, 0.6) is 11.5 Å². The summed E-state index contributed by atoms with van der Waals surface area (Å²) in [6, 6.07) is 8.29. The number of hydrogen-bond donors (Lipinski definition) is 2. The van der Waals surface area contributed by atoms with Gasteiger partial charge in [0.25, 0.3) is 5.56 Å². The molecular formula is C23H18N8O4. The van der Waals surface area contributed by atoms with Gasteiger partial charge in [-0.15, -0.1) is 0 Å². The van der Waals surface area contributed by atoms with E-state index >= 15 is 0 Å². The van der Waals surface area contributed by atoms with Gasteiger partial charge in [-0.1, -0.05) is 17.8 Å². The molecule has 0 aliphatic rings.